The van der Waals surface area contributed by atoms with Gasteiger partial charge in [-0.15, -0.1) is 0 Å². The van der Waals surface area contributed by atoms with Crippen LogP contribution >= 0.6 is 0 Å². The highest BCUT2D eigenvalue weighted by molar-refractivity contribution is 5.66. The Labute approximate surface area is 125 Å². The molecule has 0 fully saturated rings. The number of hydrogen-bond acceptors (Lipinski definition) is 0. The summed E-state index contributed by atoms with van der Waals surface area (Å²) in [4.78, 5) is 0. The summed E-state index contributed by atoms with van der Waals surface area (Å²) in [6, 6.07) is 12.2. The molecule has 0 saturated heterocycles. The van der Waals surface area contributed by atoms with Gasteiger partial charge in [0.05, 0.1) is 0 Å². The van der Waals surface area contributed by atoms with Crippen LogP contribution in [0.3, 0.4) is 0 Å². The molecule has 0 aliphatic heterocycles. The summed E-state index contributed by atoms with van der Waals surface area (Å²) in [6.45, 7) is 7.57. The standard InChI is InChI=1S/C19H22F2/c1-5-19(20,21)12-17-7-6-16(11-15(17)4)18-9-13(2)8-14(3)10-18/h6-11H,5,12H2,1-4H3. The second kappa shape index (κ2) is 5.97. The summed E-state index contributed by atoms with van der Waals surface area (Å²) < 4.78 is 27.1. The zero-order chi connectivity index (χ0) is 15.6. The van der Waals surface area contributed by atoms with Gasteiger partial charge in [-0.3, -0.25) is 0 Å². The largest absolute Gasteiger partial charge is 0.251 e. The maximum absolute atomic E-state index is 13.5. The SMILES string of the molecule is CCC(F)(F)Cc1ccc(-c2cc(C)cc(C)c2)cc1C. The molecule has 0 unspecified atom stereocenters. The molecular weight excluding hydrogens is 266 g/mol. The molecule has 0 atom stereocenters. The van der Waals surface area contributed by atoms with Crippen LogP contribution in [-0.4, -0.2) is 5.92 Å². The summed E-state index contributed by atoms with van der Waals surface area (Å²) >= 11 is 0. The number of aryl methyl sites for hydroxylation is 3. The van der Waals surface area contributed by atoms with Gasteiger partial charge < -0.3 is 0 Å². The molecular formula is C19H22F2. The first kappa shape index (κ1) is 15.7. The van der Waals surface area contributed by atoms with Crippen molar-refractivity contribution in [2.24, 2.45) is 0 Å². The first-order chi connectivity index (χ1) is 9.80. The van der Waals surface area contributed by atoms with E-state index in [4.69, 9.17) is 0 Å². The molecule has 0 spiro atoms. The molecule has 0 aromatic heterocycles. The van der Waals surface area contributed by atoms with Gasteiger partial charge in [-0.25, -0.2) is 8.78 Å². The van der Waals surface area contributed by atoms with Gasteiger partial charge in [0, 0.05) is 12.8 Å². The van der Waals surface area contributed by atoms with E-state index in [0.29, 0.717) is 0 Å². The van der Waals surface area contributed by atoms with E-state index < -0.39 is 5.92 Å². The molecule has 2 aromatic carbocycles. The molecule has 21 heavy (non-hydrogen) atoms. The fourth-order valence-corrected chi connectivity index (χ4v) is 2.62. The molecule has 2 aromatic rings. The Morgan fingerprint density at radius 3 is 2.00 bits per heavy atom. The Morgan fingerprint density at radius 1 is 0.857 bits per heavy atom. The number of benzene rings is 2. The van der Waals surface area contributed by atoms with Gasteiger partial charge in [0.15, 0.2) is 0 Å². The van der Waals surface area contributed by atoms with Crippen molar-refractivity contribution >= 4 is 0 Å². The molecule has 0 amide bonds. The van der Waals surface area contributed by atoms with Crippen LogP contribution in [0.2, 0.25) is 0 Å². The molecule has 0 aliphatic carbocycles. The third kappa shape index (κ3) is 3.90. The van der Waals surface area contributed by atoms with Crippen LogP contribution in [-0.2, 0) is 6.42 Å². The number of rotatable bonds is 4. The van der Waals surface area contributed by atoms with Gasteiger partial charge in [0.2, 0.25) is 0 Å². The zero-order valence-electron chi connectivity index (χ0n) is 13.1. The minimum Gasteiger partial charge on any atom is -0.207 e. The highest BCUT2D eigenvalue weighted by Gasteiger charge is 2.27. The van der Waals surface area contributed by atoms with Crippen molar-refractivity contribution < 1.29 is 8.78 Å². The Morgan fingerprint density at radius 2 is 1.48 bits per heavy atom. The molecule has 0 bridgehead atoms. The van der Waals surface area contributed by atoms with E-state index in [1.807, 2.05) is 25.1 Å². The van der Waals surface area contributed by atoms with Crippen LogP contribution < -0.4 is 0 Å². The first-order valence-corrected chi connectivity index (χ1v) is 7.37. The highest BCUT2D eigenvalue weighted by Crippen LogP contribution is 2.29. The van der Waals surface area contributed by atoms with Crippen molar-refractivity contribution in [3.05, 3.63) is 58.7 Å². The van der Waals surface area contributed by atoms with Crippen LogP contribution in [0.1, 0.15) is 35.6 Å². The van der Waals surface area contributed by atoms with E-state index >= 15 is 0 Å². The molecule has 0 N–H and O–H groups in total. The Balaban J connectivity index is 2.34. The number of hydrogen-bond donors (Lipinski definition) is 0. The molecule has 0 heterocycles. The van der Waals surface area contributed by atoms with Gasteiger partial charge in [0.1, 0.15) is 0 Å². The lowest BCUT2D eigenvalue weighted by Crippen LogP contribution is -2.18. The monoisotopic (exact) mass is 288 g/mol. The smallest absolute Gasteiger partial charge is 0.207 e. The molecule has 0 nitrogen and oxygen atoms in total. The van der Waals surface area contributed by atoms with Crippen molar-refractivity contribution in [3.8, 4) is 11.1 Å². The lowest BCUT2D eigenvalue weighted by Gasteiger charge is -2.16. The molecule has 2 heteroatoms. The van der Waals surface area contributed by atoms with Gasteiger partial charge in [0.25, 0.3) is 5.92 Å². The summed E-state index contributed by atoms with van der Waals surface area (Å²) in [5, 5.41) is 0. The first-order valence-electron chi connectivity index (χ1n) is 7.37. The van der Waals surface area contributed by atoms with E-state index in [9.17, 15) is 8.78 Å². The predicted molar refractivity (Wildman–Crippen MR) is 85.0 cm³/mol. The average molecular weight is 288 g/mol. The predicted octanol–water partition coefficient (Wildman–Crippen LogP) is 5.87. The normalized spacial score (nSPS) is 11.7. The Hall–Kier alpha value is -1.70. The summed E-state index contributed by atoms with van der Waals surface area (Å²) in [6.07, 6.45) is -0.298. The molecule has 0 saturated carbocycles. The molecule has 0 aliphatic rings. The van der Waals surface area contributed by atoms with Crippen LogP contribution in [0.15, 0.2) is 36.4 Å². The van der Waals surface area contributed by atoms with Crippen molar-refractivity contribution in [1.82, 2.24) is 0 Å². The second-order valence-corrected chi connectivity index (χ2v) is 5.90. The Kier molecular flexibility index (Phi) is 4.46. The van der Waals surface area contributed by atoms with Crippen molar-refractivity contribution in [1.29, 1.82) is 0 Å². The minimum atomic E-state index is -2.62. The minimum absolute atomic E-state index is 0.120. The third-order valence-electron chi connectivity index (χ3n) is 3.86. The van der Waals surface area contributed by atoms with Crippen LogP contribution in [0.25, 0.3) is 11.1 Å². The van der Waals surface area contributed by atoms with Gasteiger partial charge >= 0.3 is 0 Å². The van der Waals surface area contributed by atoms with E-state index in [1.54, 1.807) is 0 Å². The van der Waals surface area contributed by atoms with E-state index in [2.05, 4.69) is 32.0 Å². The van der Waals surface area contributed by atoms with Gasteiger partial charge in [-0.1, -0.05) is 54.4 Å². The van der Waals surface area contributed by atoms with Crippen molar-refractivity contribution in [2.75, 3.05) is 0 Å². The fraction of sp³-hybridized carbons (Fsp3) is 0.368. The summed E-state index contributed by atoms with van der Waals surface area (Å²) in [7, 11) is 0. The highest BCUT2D eigenvalue weighted by atomic mass is 19.3. The number of alkyl halides is 2. The maximum atomic E-state index is 13.5. The van der Waals surface area contributed by atoms with Crippen LogP contribution in [0.5, 0.6) is 0 Å². The zero-order valence-corrected chi connectivity index (χ0v) is 13.1. The quantitative estimate of drug-likeness (QED) is 0.660. The second-order valence-electron chi connectivity index (χ2n) is 5.90. The lowest BCUT2D eigenvalue weighted by molar-refractivity contribution is -0.00233. The number of halogens is 2. The van der Waals surface area contributed by atoms with E-state index in [-0.39, 0.29) is 12.8 Å². The van der Waals surface area contributed by atoms with Gasteiger partial charge in [-0.05, 0) is 43.0 Å². The average Bonchev–Trinajstić information content (AvgIpc) is 2.40. The van der Waals surface area contributed by atoms with Gasteiger partial charge in [-0.2, -0.15) is 0 Å². The molecule has 112 valence electrons. The summed E-state index contributed by atoms with van der Waals surface area (Å²) in [5.41, 5.74) is 6.32. The topological polar surface area (TPSA) is 0 Å². The summed E-state index contributed by atoms with van der Waals surface area (Å²) in [5.74, 6) is -2.62. The molecule has 0 radical (unpaired) electrons. The van der Waals surface area contributed by atoms with E-state index in [0.717, 1.165) is 22.3 Å². The fourth-order valence-electron chi connectivity index (χ4n) is 2.62. The van der Waals surface area contributed by atoms with Crippen molar-refractivity contribution in [2.45, 2.75) is 46.5 Å². The molecule has 2 rings (SSSR count). The van der Waals surface area contributed by atoms with Crippen LogP contribution in [0.4, 0.5) is 8.78 Å². The van der Waals surface area contributed by atoms with Crippen LogP contribution in [0, 0.1) is 20.8 Å². The van der Waals surface area contributed by atoms with Crippen molar-refractivity contribution in [3.63, 3.8) is 0 Å². The lowest BCUT2D eigenvalue weighted by atomic mass is 9.94. The van der Waals surface area contributed by atoms with E-state index in [1.165, 1.54) is 18.1 Å². The Bertz CT molecular complexity index is 622. The third-order valence-corrected chi connectivity index (χ3v) is 3.86. The maximum Gasteiger partial charge on any atom is 0.251 e.